The first-order valence-corrected chi connectivity index (χ1v) is 12.3. The summed E-state index contributed by atoms with van der Waals surface area (Å²) in [6.07, 6.45) is 2.82. The molecule has 0 spiro atoms. The minimum atomic E-state index is -3.56. The van der Waals surface area contributed by atoms with E-state index >= 15 is 0 Å². The van der Waals surface area contributed by atoms with Gasteiger partial charge in [0.25, 0.3) is 0 Å². The van der Waals surface area contributed by atoms with Gasteiger partial charge >= 0.3 is 16.1 Å². The zero-order chi connectivity index (χ0) is 21.4. The highest BCUT2D eigenvalue weighted by atomic mass is 32.2. The van der Waals surface area contributed by atoms with Gasteiger partial charge in [-0.2, -0.15) is 8.42 Å². The lowest BCUT2D eigenvalue weighted by Crippen LogP contribution is -2.40. The Bertz CT molecular complexity index is 897. The molecular weight excluding hydrogens is 408 g/mol. The highest BCUT2D eigenvalue weighted by Crippen LogP contribution is 2.20. The van der Waals surface area contributed by atoms with Gasteiger partial charge in [0, 0.05) is 23.2 Å². The summed E-state index contributed by atoms with van der Waals surface area (Å²) >= 11 is 1.65. The van der Waals surface area contributed by atoms with E-state index in [-0.39, 0.29) is 23.6 Å². The summed E-state index contributed by atoms with van der Waals surface area (Å²) in [4.78, 5) is 15.8. The van der Waals surface area contributed by atoms with E-state index in [4.69, 9.17) is 4.18 Å². The molecule has 158 valence electrons. The van der Waals surface area contributed by atoms with Gasteiger partial charge in [-0.1, -0.05) is 19.1 Å². The summed E-state index contributed by atoms with van der Waals surface area (Å²) in [6.45, 7) is 5.97. The zero-order valence-corrected chi connectivity index (χ0v) is 18.8. The van der Waals surface area contributed by atoms with Crippen molar-refractivity contribution in [3.63, 3.8) is 0 Å². The van der Waals surface area contributed by atoms with E-state index < -0.39 is 10.1 Å². The Morgan fingerprint density at radius 1 is 1.10 bits per heavy atom. The topological polar surface area (TPSA) is 75.7 Å². The summed E-state index contributed by atoms with van der Waals surface area (Å²) in [5, 5.41) is 2.95. The van der Waals surface area contributed by atoms with E-state index in [1.807, 2.05) is 44.4 Å². The summed E-state index contributed by atoms with van der Waals surface area (Å²) in [5.41, 5.74) is 1.63. The molecule has 6 nitrogen and oxygen atoms in total. The summed E-state index contributed by atoms with van der Waals surface area (Å²) in [7, 11) is -3.56. The van der Waals surface area contributed by atoms with Crippen molar-refractivity contribution >= 4 is 33.6 Å². The number of rotatable bonds is 9. The molecule has 0 aliphatic carbocycles. The molecule has 0 aliphatic heterocycles. The van der Waals surface area contributed by atoms with Gasteiger partial charge in [0.1, 0.15) is 5.75 Å². The Morgan fingerprint density at radius 2 is 1.72 bits per heavy atom. The number of thioether (sulfide) groups is 1. The molecule has 8 heteroatoms. The Kier molecular flexibility index (Phi) is 8.40. The zero-order valence-electron chi connectivity index (χ0n) is 17.2. The number of hydrogen-bond donors (Lipinski definition) is 1. The smallest absolute Gasteiger partial charge is 0.322 e. The maximum Gasteiger partial charge on any atom is 0.322 e. The van der Waals surface area contributed by atoms with Crippen LogP contribution in [0.15, 0.2) is 53.4 Å². The predicted octanol–water partition coefficient (Wildman–Crippen LogP) is 4.97. The molecule has 0 fully saturated rings. The van der Waals surface area contributed by atoms with E-state index in [2.05, 4.69) is 5.32 Å². The average molecular weight is 437 g/mol. The van der Waals surface area contributed by atoms with E-state index in [9.17, 15) is 13.2 Å². The molecule has 1 atom stereocenters. The van der Waals surface area contributed by atoms with Crippen LogP contribution in [-0.4, -0.2) is 37.4 Å². The highest BCUT2D eigenvalue weighted by molar-refractivity contribution is 7.98. The van der Waals surface area contributed by atoms with Gasteiger partial charge in [0.2, 0.25) is 0 Å². The average Bonchev–Trinajstić information content (AvgIpc) is 2.73. The van der Waals surface area contributed by atoms with Crippen molar-refractivity contribution in [1.29, 1.82) is 0 Å². The van der Waals surface area contributed by atoms with Crippen molar-refractivity contribution in [3.8, 4) is 5.75 Å². The van der Waals surface area contributed by atoms with Gasteiger partial charge in [-0.05, 0) is 68.5 Å². The molecule has 1 unspecified atom stereocenters. The third-order valence-corrected chi connectivity index (χ3v) is 6.48. The lowest BCUT2D eigenvalue weighted by molar-refractivity contribution is 0.187. The monoisotopic (exact) mass is 436 g/mol. The van der Waals surface area contributed by atoms with Crippen molar-refractivity contribution in [2.75, 3.05) is 17.3 Å². The normalized spacial score (nSPS) is 12.3. The minimum Gasteiger partial charge on any atom is -0.382 e. The van der Waals surface area contributed by atoms with Crippen LogP contribution in [0.1, 0.15) is 32.8 Å². The Hall–Kier alpha value is -2.19. The third kappa shape index (κ3) is 6.97. The number of nitrogens with one attached hydrogen (secondary N) is 1. The maximum absolute atomic E-state index is 12.9. The van der Waals surface area contributed by atoms with Gasteiger partial charge in [-0.3, -0.25) is 0 Å². The van der Waals surface area contributed by atoms with Crippen LogP contribution in [0.3, 0.4) is 0 Å². The number of hydrogen-bond acceptors (Lipinski definition) is 5. The number of anilines is 1. The van der Waals surface area contributed by atoms with Crippen LogP contribution in [0.5, 0.6) is 5.75 Å². The second-order valence-electron chi connectivity index (χ2n) is 6.62. The fraction of sp³-hybridized carbons (Fsp3) is 0.381. The van der Waals surface area contributed by atoms with Crippen LogP contribution in [0.4, 0.5) is 10.5 Å². The number of carbonyl (C=O) groups excluding carboxylic acids is 1. The third-order valence-electron chi connectivity index (χ3n) is 4.58. The fourth-order valence-electron chi connectivity index (χ4n) is 2.57. The molecule has 0 heterocycles. The lowest BCUT2D eigenvalue weighted by atomic mass is 10.1. The van der Waals surface area contributed by atoms with E-state index in [0.29, 0.717) is 6.54 Å². The predicted molar refractivity (Wildman–Crippen MR) is 119 cm³/mol. The van der Waals surface area contributed by atoms with Crippen molar-refractivity contribution in [3.05, 3.63) is 54.1 Å². The van der Waals surface area contributed by atoms with Crippen LogP contribution in [-0.2, 0) is 16.7 Å². The van der Waals surface area contributed by atoms with Crippen LogP contribution in [0.2, 0.25) is 0 Å². The standard InChI is InChI=1S/C21H28N2O4S2/c1-5-16(3)23(21(24)22-18-9-13-20(28-4)14-10-18)15-17-7-11-19(12-8-17)27-29(25,26)6-2/h7-14,16H,5-6,15H2,1-4H3,(H,22,24). The fourth-order valence-corrected chi connectivity index (χ4v) is 3.50. The van der Waals surface area contributed by atoms with Gasteiger partial charge in [-0.15, -0.1) is 11.8 Å². The highest BCUT2D eigenvalue weighted by Gasteiger charge is 2.20. The van der Waals surface area contributed by atoms with E-state index in [0.717, 1.165) is 22.6 Å². The van der Waals surface area contributed by atoms with E-state index in [1.165, 1.54) is 6.92 Å². The number of urea groups is 1. The first-order valence-electron chi connectivity index (χ1n) is 9.50. The van der Waals surface area contributed by atoms with Crippen LogP contribution in [0.25, 0.3) is 0 Å². The second-order valence-corrected chi connectivity index (χ2v) is 9.36. The Balaban J connectivity index is 2.10. The summed E-state index contributed by atoms with van der Waals surface area (Å²) in [5.74, 6) is 0.179. The Labute approximate surface area is 177 Å². The molecule has 2 aromatic rings. The number of benzene rings is 2. The molecule has 0 aliphatic rings. The maximum atomic E-state index is 12.9. The molecule has 0 aromatic heterocycles. The molecular formula is C21H28N2O4S2. The number of amides is 2. The molecule has 2 amide bonds. The summed E-state index contributed by atoms with van der Waals surface area (Å²) in [6, 6.07) is 14.3. The van der Waals surface area contributed by atoms with Crippen molar-refractivity contribution in [1.82, 2.24) is 4.90 Å². The molecule has 2 aromatic carbocycles. The van der Waals surface area contributed by atoms with Crippen LogP contribution < -0.4 is 9.50 Å². The van der Waals surface area contributed by atoms with Crippen molar-refractivity contribution in [2.45, 2.75) is 44.7 Å². The van der Waals surface area contributed by atoms with Gasteiger partial charge < -0.3 is 14.4 Å². The molecule has 1 N–H and O–H groups in total. The van der Waals surface area contributed by atoms with Crippen LogP contribution in [0, 0.1) is 0 Å². The van der Waals surface area contributed by atoms with Crippen molar-refractivity contribution < 1.29 is 17.4 Å². The van der Waals surface area contributed by atoms with E-state index in [1.54, 1.807) is 40.9 Å². The van der Waals surface area contributed by atoms with Gasteiger partial charge in [0.15, 0.2) is 0 Å². The van der Waals surface area contributed by atoms with Crippen molar-refractivity contribution in [2.24, 2.45) is 0 Å². The van der Waals surface area contributed by atoms with Gasteiger partial charge in [-0.25, -0.2) is 4.79 Å². The molecule has 0 saturated heterocycles. The molecule has 29 heavy (non-hydrogen) atoms. The minimum absolute atomic E-state index is 0.0388. The first kappa shape index (κ1) is 23.1. The quantitative estimate of drug-likeness (QED) is 0.444. The van der Waals surface area contributed by atoms with Crippen LogP contribution >= 0.6 is 11.8 Å². The second kappa shape index (κ2) is 10.5. The first-order chi connectivity index (χ1) is 13.8. The molecule has 0 bridgehead atoms. The molecule has 0 radical (unpaired) electrons. The molecule has 2 rings (SSSR count). The molecule has 0 saturated carbocycles. The lowest BCUT2D eigenvalue weighted by Gasteiger charge is -2.29. The number of nitrogens with zero attached hydrogens (tertiary/aromatic N) is 1. The van der Waals surface area contributed by atoms with Gasteiger partial charge in [0.05, 0.1) is 5.75 Å². The summed E-state index contributed by atoms with van der Waals surface area (Å²) < 4.78 is 28.2. The number of carbonyl (C=O) groups is 1. The Morgan fingerprint density at radius 3 is 2.24 bits per heavy atom. The SMILES string of the molecule is CCC(C)N(Cc1ccc(OS(=O)(=O)CC)cc1)C(=O)Nc1ccc(SC)cc1. The largest absolute Gasteiger partial charge is 0.382 e.